The third-order valence-electron chi connectivity index (χ3n) is 8.73. The van der Waals surface area contributed by atoms with Crippen LogP contribution in [0.3, 0.4) is 0 Å². The summed E-state index contributed by atoms with van der Waals surface area (Å²) in [5, 5.41) is 0. The van der Waals surface area contributed by atoms with Crippen molar-refractivity contribution < 1.29 is 41.7 Å². The lowest BCUT2D eigenvalue weighted by Gasteiger charge is -2.23. The zero-order valence-electron chi connectivity index (χ0n) is 28.0. The van der Waals surface area contributed by atoms with Gasteiger partial charge in [-0.2, -0.15) is 13.2 Å². The molecule has 0 spiro atoms. The first-order valence-corrected chi connectivity index (χ1v) is 17.1. The van der Waals surface area contributed by atoms with E-state index in [4.69, 9.17) is 18.9 Å². The number of hydrogen-bond acceptors (Lipinski definition) is 6. The minimum Gasteiger partial charge on any atom is -0.494 e. The summed E-state index contributed by atoms with van der Waals surface area (Å²) in [4.78, 5) is 25.4. The van der Waals surface area contributed by atoms with Gasteiger partial charge in [0.25, 0.3) is 0 Å². The van der Waals surface area contributed by atoms with E-state index >= 15 is 0 Å². The van der Waals surface area contributed by atoms with Gasteiger partial charge in [-0.3, -0.25) is 4.79 Å². The second-order valence-electron chi connectivity index (χ2n) is 12.4. The third kappa shape index (κ3) is 11.4. The molecule has 6 nitrogen and oxygen atoms in total. The predicted molar refractivity (Wildman–Crippen MR) is 179 cm³/mol. The van der Waals surface area contributed by atoms with E-state index in [0.717, 1.165) is 41.9 Å². The predicted octanol–water partition coefficient (Wildman–Crippen LogP) is 9.71. The molecule has 0 saturated heterocycles. The Balaban J connectivity index is 1.22. The highest BCUT2D eigenvalue weighted by Gasteiger charge is 2.42. The maximum atomic E-state index is 13.2. The Morgan fingerprint density at radius 1 is 0.792 bits per heavy atom. The number of unbranched alkanes of at least 4 members (excludes halogenated alkanes) is 7. The number of benzene rings is 3. The third-order valence-corrected chi connectivity index (χ3v) is 8.73. The van der Waals surface area contributed by atoms with Gasteiger partial charge in [-0.05, 0) is 84.3 Å². The Hall–Kier alpha value is -3.85. The van der Waals surface area contributed by atoms with Crippen molar-refractivity contribution in [3.8, 4) is 22.6 Å². The van der Waals surface area contributed by atoms with Gasteiger partial charge in [-0.1, -0.05) is 82.2 Å². The van der Waals surface area contributed by atoms with Crippen LogP contribution in [0.5, 0.6) is 11.5 Å². The van der Waals surface area contributed by atoms with Gasteiger partial charge in [-0.15, -0.1) is 0 Å². The van der Waals surface area contributed by atoms with Crippen molar-refractivity contribution in [1.29, 1.82) is 0 Å². The van der Waals surface area contributed by atoms with Crippen LogP contribution in [0.1, 0.15) is 92.6 Å². The van der Waals surface area contributed by atoms with Crippen LogP contribution in [-0.2, 0) is 27.1 Å². The smallest absolute Gasteiger partial charge is 0.425 e. The van der Waals surface area contributed by atoms with Crippen LogP contribution in [-0.4, -0.2) is 44.5 Å². The highest BCUT2D eigenvalue weighted by Crippen LogP contribution is 2.31. The molecule has 1 aliphatic rings. The van der Waals surface area contributed by atoms with E-state index in [1.54, 1.807) is 36.4 Å². The summed E-state index contributed by atoms with van der Waals surface area (Å²) in [6.07, 6.45) is 4.81. The van der Waals surface area contributed by atoms with Gasteiger partial charge >= 0.3 is 18.1 Å². The van der Waals surface area contributed by atoms with Gasteiger partial charge in [-0.25, -0.2) is 4.79 Å². The number of esters is 2. The summed E-state index contributed by atoms with van der Waals surface area (Å²) in [7, 11) is 1.28. The fourth-order valence-electron chi connectivity index (χ4n) is 5.87. The Morgan fingerprint density at radius 2 is 1.42 bits per heavy atom. The first-order valence-electron chi connectivity index (χ1n) is 17.1. The molecule has 0 heterocycles. The van der Waals surface area contributed by atoms with E-state index in [-0.39, 0.29) is 24.1 Å². The topological polar surface area (TPSA) is 71.1 Å². The van der Waals surface area contributed by atoms with Gasteiger partial charge in [0.1, 0.15) is 11.5 Å². The van der Waals surface area contributed by atoms with E-state index < -0.39 is 24.7 Å². The number of hydrogen-bond donors (Lipinski definition) is 0. The van der Waals surface area contributed by atoms with E-state index in [0.29, 0.717) is 18.6 Å². The maximum absolute atomic E-state index is 13.2. The molecular weight excluding hydrogens is 621 g/mol. The highest BCUT2D eigenvalue weighted by atomic mass is 19.4. The molecule has 0 saturated carbocycles. The molecular formula is C39H47F3O6. The second-order valence-corrected chi connectivity index (χ2v) is 12.4. The quantitative estimate of drug-likeness (QED) is 0.0764. The number of carbonyl (C=O) groups is 2. The number of halogens is 3. The van der Waals surface area contributed by atoms with Crippen molar-refractivity contribution in [2.75, 3.05) is 20.3 Å². The molecule has 0 fully saturated rings. The molecule has 0 bridgehead atoms. The molecule has 0 amide bonds. The Bertz CT molecular complexity index is 1440. The number of aryl methyl sites for hydroxylation is 1. The van der Waals surface area contributed by atoms with Crippen molar-refractivity contribution >= 4 is 11.9 Å². The number of rotatable bonds is 18. The largest absolute Gasteiger partial charge is 0.494 e. The molecule has 9 heteroatoms. The van der Waals surface area contributed by atoms with E-state index in [2.05, 4.69) is 19.1 Å². The standard InChI is InChI=1S/C39H47F3O6/c1-3-4-5-6-7-8-9-10-24-46-35-22-19-31-26-33(16-15-32(31)27-35)38(44)47-34-20-17-29(18-21-34)28-11-13-30(14-12-28)37(43)48-36(23-25-45-2)39(40,41)42/h11-14,17-22,27,33,36H,3-10,15-16,23-26H2,1-2H3/t33?,36-/m1/s1. The molecule has 0 N–H and O–H groups in total. The monoisotopic (exact) mass is 668 g/mol. The average molecular weight is 669 g/mol. The van der Waals surface area contributed by atoms with Crippen LogP contribution in [0.15, 0.2) is 66.7 Å². The highest BCUT2D eigenvalue weighted by molar-refractivity contribution is 5.90. The summed E-state index contributed by atoms with van der Waals surface area (Å²) in [5.41, 5.74) is 3.90. The summed E-state index contributed by atoms with van der Waals surface area (Å²) in [6.45, 7) is 2.78. The molecule has 0 aliphatic heterocycles. The Morgan fingerprint density at radius 3 is 2.06 bits per heavy atom. The molecule has 0 aromatic heterocycles. The average Bonchev–Trinajstić information content (AvgIpc) is 3.09. The number of fused-ring (bicyclic) bond motifs is 1. The van der Waals surface area contributed by atoms with E-state index in [1.807, 2.05) is 6.07 Å². The van der Waals surface area contributed by atoms with Gasteiger partial charge in [0.15, 0.2) is 6.10 Å². The van der Waals surface area contributed by atoms with Crippen LogP contribution in [0.2, 0.25) is 0 Å². The number of ether oxygens (including phenoxy) is 4. The number of alkyl halides is 3. The Kier molecular flexibility index (Phi) is 14.4. The van der Waals surface area contributed by atoms with Crippen molar-refractivity contribution in [2.24, 2.45) is 5.92 Å². The van der Waals surface area contributed by atoms with Crippen molar-refractivity contribution in [2.45, 2.75) is 96.3 Å². The summed E-state index contributed by atoms with van der Waals surface area (Å²) < 4.78 is 60.8. The van der Waals surface area contributed by atoms with Crippen LogP contribution < -0.4 is 9.47 Å². The van der Waals surface area contributed by atoms with Gasteiger partial charge in [0.2, 0.25) is 0 Å². The van der Waals surface area contributed by atoms with Crippen LogP contribution in [0, 0.1) is 5.92 Å². The minimum atomic E-state index is -4.69. The molecule has 2 atom stereocenters. The SMILES string of the molecule is CCCCCCCCCCOc1ccc2c(c1)CCC(C(=O)Oc1ccc(-c3ccc(C(=O)O[C@H](CCOC)C(F)(F)F)cc3)cc1)C2. The van der Waals surface area contributed by atoms with Gasteiger partial charge in [0.05, 0.1) is 24.7 Å². The zero-order chi connectivity index (χ0) is 34.4. The molecule has 3 aromatic rings. The van der Waals surface area contributed by atoms with Crippen molar-refractivity contribution in [3.63, 3.8) is 0 Å². The lowest BCUT2D eigenvalue weighted by molar-refractivity contribution is -0.208. The lowest BCUT2D eigenvalue weighted by Crippen LogP contribution is -2.34. The van der Waals surface area contributed by atoms with Gasteiger partial charge in [0, 0.05) is 13.5 Å². The lowest BCUT2D eigenvalue weighted by atomic mass is 9.84. The molecule has 1 unspecified atom stereocenters. The fourth-order valence-corrected chi connectivity index (χ4v) is 5.87. The van der Waals surface area contributed by atoms with Crippen LogP contribution >= 0.6 is 0 Å². The first-order chi connectivity index (χ1) is 23.2. The number of carbonyl (C=O) groups excluding carboxylic acids is 2. The zero-order valence-corrected chi connectivity index (χ0v) is 28.0. The maximum Gasteiger partial charge on any atom is 0.425 e. The van der Waals surface area contributed by atoms with Crippen LogP contribution in [0.4, 0.5) is 13.2 Å². The summed E-state index contributed by atoms with van der Waals surface area (Å²) >= 11 is 0. The van der Waals surface area contributed by atoms with Gasteiger partial charge < -0.3 is 18.9 Å². The molecule has 1 aliphatic carbocycles. The summed E-state index contributed by atoms with van der Waals surface area (Å²) in [5.74, 6) is -0.251. The first kappa shape index (κ1) is 37.0. The second kappa shape index (κ2) is 18.6. The van der Waals surface area contributed by atoms with Crippen molar-refractivity contribution in [1.82, 2.24) is 0 Å². The van der Waals surface area contributed by atoms with Crippen LogP contribution in [0.25, 0.3) is 11.1 Å². The number of methoxy groups -OCH3 is 1. The fraction of sp³-hybridized carbons (Fsp3) is 0.487. The van der Waals surface area contributed by atoms with E-state index in [9.17, 15) is 22.8 Å². The molecule has 3 aromatic carbocycles. The normalized spacial score (nSPS) is 15.0. The minimum absolute atomic E-state index is 0.00701. The Labute approximate surface area is 281 Å². The molecule has 260 valence electrons. The van der Waals surface area contributed by atoms with Crippen molar-refractivity contribution in [3.05, 3.63) is 83.4 Å². The molecule has 48 heavy (non-hydrogen) atoms. The molecule has 0 radical (unpaired) electrons. The summed E-state index contributed by atoms with van der Waals surface area (Å²) in [6, 6.07) is 19.2. The molecule has 4 rings (SSSR count). The van der Waals surface area contributed by atoms with E-state index in [1.165, 1.54) is 69.8 Å².